The van der Waals surface area contributed by atoms with Crippen molar-refractivity contribution in [3.63, 3.8) is 0 Å². The van der Waals surface area contributed by atoms with Crippen molar-refractivity contribution in [3.05, 3.63) is 24.3 Å². The number of hydrogen-bond acceptors (Lipinski definition) is 5. The van der Waals surface area contributed by atoms with Crippen molar-refractivity contribution in [3.8, 4) is 0 Å². The highest BCUT2D eigenvalue weighted by atomic mass is 16.5. The first-order valence-corrected chi connectivity index (χ1v) is 35.1. The number of allylic oxidation sites excluding steroid dienone is 4. The quantitative estimate of drug-likeness (QED) is 0.0320. The van der Waals surface area contributed by atoms with E-state index in [0.29, 0.717) is 25.9 Å². The Morgan fingerprint density at radius 1 is 0.351 bits per heavy atom. The average Bonchev–Trinajstić information content (AvgIpc) is 3.43. The number of aliphatic hydroxyl groups excluding tert-OH is 2. The Labute approximate surface area is 481 Å². The Bertz CT molecular complexity index is 1200. The van der Waals surface area contributed by atoms with E-state index in [1.54, 1.807) is 0 Å². The Morgan fingerprint density at radius 2 is 0.610 bits per heavy atom. The van der Waals surface area contributed by atoms with E-state index in [4.69, 9.17) is 4.74 Å². The molecule has 3 N–H and O–H groups in total. The molecule has 0 saturated heterocycles. The van der Waals surface area contributed by atoms with Crippen LogP contribution in [0.4, 0.5) is 0 Å². The van der Waals surface area contributed by atoms with E-state index in [2.05, 4.69) is 43.5 Å². The zero-order chi connectivity index (χ0) is 55.7. The maximum Gasteiger partial charge on any atom is 0.305 e. The fourth-order valence-corrected chi connectivity index (χ4v) is 11.1. The molecule has 0 aliphatic heterocycles. The number of amides is 1. The zero-order valence-corrected chi connectivity index (χ0v) is 52.2. The van der Waals surface area contributed by atoms with Crippen LogP contribution < -0.4 is 5.32 Å². The van der Waals surface area contributed by atoms with Gasteiger partial charge in [-0.1, -0.05) is 327 Å². The van der Waals surface area contributed by atoms with Crippen molar-refractivity contribution in [2.75, 3.05) is 13.2 Å². The van der Waals surface area contributed by atoms with Gasteiger partial charge in [0.05, 0.1) is 25.4 Å². The second-order valence-electron chi connectivity index (χ2n) is 24.2. The summed E-state index contributed by atoms with van der Waals surface area (Å²) in [5, 5.41) is 23.3. The van der Waals surface area contributed by atoms with Gasteiger partial charge in [-0.3, -0.25) is 9.59 Å². The molecule has 0 rings (SSSR count). The molecule has 456 valence electrons. The molecular formula is C71H137NO5. The maximum atomic E-state index is 12.5. The number of rotatable bonds is 66. The Kier molecular flexibility index (Phi) is 65.4. The molecule has 0 spiro atoms. The van der Waals surface area contributed by atoms with Gasteiger partial charge in [0.25, 0.3) is 0 Å². The standard InChI is InChI=1S/C71H137NO5/c1-3-5-7-9-11-13-15-17-37-40-43-47-51-55-59-63-69(74)68(67-73)72-70(75)64-60-56-52-48-44-41-38-35-33-31-29-27-25-23-21-19-18-20-22-24-26-28-30-32-34-36-39-42-46-50-54-58-62-66-77-71(76)65-61-57-53-49-45-16-14-12-10-8-6-4-2/h12,14,22,24,68-69,73-74H,3-11,13,15-21,23,25-67H2,1-2H3,(H,72,75)/b14-12-,24-22-. The molecule has 77 heavy (non-hydrogen) atoms. The lowest BCUT2D eigenvalue weighted by Crippen LogP contribution is -2.45. The lowest BCUT2D eigenvalue weighted by Gasteiger charge is -2.22. The summed E-state index contributed by atoms with van der Waals surface area (Å²) in [5.74, 6) is -0.0200. The van der Waals surface area contributed by atoms with Crippen LogP contribution in [0.15, 0.2) is 24.3 Å². The van der Waals surface area contributed by atoms with E-state index < -0.39 is 12.1 Å². The maximum absolute atomic E-state index is 12.5. The van der Waals surface area contributed by atoms with Crippen molar-refractivity contribution in [2.45, 2.75) is 405 Å². The Hall–Kier alpha value is -1.66. The summed E-state index contributed by atoms with van der Waals surface area (Å²) in [7, 11) is 0. The van der Waals surface area contributed by atoms with Crippen LogP contribution in [-0.2, 0) is 14.3 Å². The minimum atomic E-state index is -0.661. The number of carbonyl (C=O) groups excluding carboxylic acids is 2. The van der Waals surface area contributed by atoms with Gasteiger partial charge < -0.3 is 20.3 Å². The summed E-state index contributed by atoms with van der Waals surface area (Å²) >= 11 is 0. The fraction of sp³-hybridized carbons (Fsp3) is 0.915. The average molecular weight is 1080 g/mol. The van der Waals surface area contributed by atoms with Crippen molar-refractivity contribution in [2.24, 2.45) is 0 Å². The van der Waals surface area contributed by atoms with Gasteiger partial charge in [0.15, 0.2) is 0 Å². The fourth-order valence-electron chi connectivity index (χ4n) is 11.1. The molecule has 0 radical (unpaired) electrons. The molecule has 6 heteroatoms. The molecule has 6 nitrogen and oxygen atoms in total. The van der Waals surface area contributed by atoms with Crippen molar-refractivity contribution in [1.82, 2.24) is 5.32 Å². The van der Waals surface area contributed by atoms with Gasteiger partial charge in [-0.2, -0.15) is 0 Å². The molecule has 0 saturated carbocycles. The highest BCUT2D eigenvalue weighted by molar-refractivity contribution is 5.76. The first-order valence-electron chi connectivity index (χ1n) is 35.1. The third-order valence-electron chi connectivity index (χ3n) is 16.5. The molecular weight excluding hydrogens is 947 g/mol. The Balaban J connectivity index is 3.34. The second-order valence-corrected chi connectivity index (χ2v) is 24.2. The van der Waals surface area contributed by atoms with Gasteiger partial charge in [-0.05, 0) is 77.0 Å². The van der Waals surface area contributed by atoms with Crippen LogP contribution in [0.3, 0.4) is 0 Å². The largest absolute Gasteiger partial charge is 0.466 e. The van der Waals surface area contributed by atoms with Crippen LogP contribution in [0, 0.1) is 0 Å². The number of carbonyl (C=O) groups is 2. The van der Waals surface area contributed by atoms with Gasteiger partial charge in [-0.15, -0.1) is 0 Å². The topological polar surface area (TPSA) is 95.9 Å². The van der Waals surface area contributed by atoms with Crippen LogP contribution >= 0.6 is 0 Å². The van der Waals surface area contributed by atoms with E-state index in [0.717, 1.165) is 44.9 Å². The number of aliphatic hydroxyl groups is 2. The lowest BCUT2D eigenvalue weighted by atomic mass is 10.0. The molecule has 0 aliphatic carbocycles. The molecule has 0 aromatic carbocycles. The molecule has 2 unspecified atom stereocenters. The number of nitrogens with one attached hydrogen (secondary N) is 1. The molecule has 1 amide bonds. The Morgan fingerprint density at radius 3 is 0.948 bits per heavy atom. The third kappa shape index (κ3) is 63.4. The zero-order valence-electron chi connectivity index (χ0n) is 52.2. The van der Waals surface area contributed by atoms with Gasteiger partial charge in [0, 0.05) is 12.8 Å². The van der Waals surface area contributed by atoms with Crippen LogP contribution in [0.25, 0.3) is 0 Å². The van der Waals surface area contributed by atoms with Crippen molar-refractivity contribution >= 4 is 11.9 Å². The minimum Gasteiger partial charge on any atom is -0.466 e. The van der Waals surface area contributed by atoms with Crippen LogP contribution in [0.1, 0.15) is 393 Å². The monoisotopic (exact) mass is 1080 g/mol. The van der Waals surface area contributed by atoms with Crippen LogP contribution in [-0.4, -0.2) is 47.4 Å². The van der Waals surface area contributed by atoms with Crippen LogP contribution in [0.2, 0.25) is 0 Å². The van der Waals surface area contributed by atoms with Gasteiger partial charge >= 0.3 is 5.97 Å². The molecule has 0 aliphatic rings. The molecule has 0 aromatic heterocycles. The van der Waals surface area contributed by atoms with E-state index in [1.165, 1.54) is 315 Å². The van der Waals surface area contributed by atoms with Crippen molar-refractivity contribution in [1.29, 1.82) is 0 Å². The first kappa shape index (κ1) is 75.3. The summed E-state index contributed by atoms with van der Waals surface area (Å²) in [5.41, 5.74) is 0. The number of unbranched alkanes of at least 4 members (excludes halogenated alkanes) is 51. The number of ether oxygens (including phenoxy) is 1. The lowest BCUT2D eigenvalue weighted by molar-refractivity contribution is -0.143. The van der Waals surface area contributed by atoms with Gasteiger partial charge in [0.1, 0.15) is 0 Å². The summed E-state index contributed by atoms with van der Waals surface area (Å²) in [6.07, 6.45) is 83.8. The van der Waals surface area contributed by atoms with Crippen molar-refractivity contribution < 1.29 is 24.5 Å². The van der Waals surface area contributed by atoms with Gasteiger partial charge in [0.2, 0.25) is 5.91 Å². The number of hydrogen-bond donors (Lipinski definition) is 3. The highest BCUT2D eigenvalue weighted by Gasteiger charge is 2.20. The molecule has 0 bridgehead atoms. The predicted molar refractivity (Wildman–Crippen MR) is 338 cm³/mol. The smallest absolute Gasteiger partial charge is 0.305 e. The third-order valence-corrected chi connectivity index (χ3v) is 16.5. The first-order chi connectivity index (χ1) is 38.0. The van der Waals surface area contributed by atoms with E-state index >= 15 is 0 Å². The van der Waals surface area contributed by atoms with Crippen LogP contribution in [0.5, 0.6) is 0 Å². The summed E-state index contributed by atoms with van der Waals surface area (Å²) in [6.45, 7) is 4.96. The second kappa shape index (κ2) is 66.8. The normalized spacial score (nSPS) is 12.6. The van der Waals surface area contributed by atoms with E-state index in [9.17, 15) is 19.8 Å². The predicted octanol–water partition coefficient (Wildman–Crippen LogP) is 22.5. The molecule has 2 atom stereocenters. The summed E-state index contributed by atoms with van der Waals surface area (Å²) < 4.78 is 5.47. The summed E-state index contributed by atoms with van der Waals surface area (Å²) in [6, 6.07) is -0.538. The SMILES string of the molecule is CCCCC/C=C\CCCCCCCC(=O)OCCCCCCCCCCCCCC/C=C\CCCCCCCCCCCCCCCCCCCC(=O)NC(CO)C(O)CCCCCCCCCCCCCCCCC. The highest BCUT2D eigenvalue weighted by Crippen LogP contribution is 2.19. The minimum absolute atomic E-state index is 0.00901. The number of esters is 1. The molecule has 0 fully saturated rings. The van der Waals surface area contributed by atoms with E-state index in [-0.39, 0.29) is 18.5 Å². The summed E-state index contributed by atoms with van der Waals surface area (Å²) in [4.78, 5) is 24.5. The molecule has 0 heterocycles. The molecule has 0 aromatic rings. The van der Waals surface area contributed by atoms with E-state index in [1.807, 2.05) is 0 Å². The van der Waals surface area contributed by atoms with Gasteiger partial charge in [-0.25, -0.2) is 0 Å².